The lowest BCUT2D eigenvalue weighted by molar-refractivity contribution is 0.0528. The second-order valence-corrected chi connectivity index (χ2v) is 5.93. The third-order valence-corrected chi connectivity index (χ3v) is 3.16. The summed E-state index contributed by atoms with van der Waals surface area (Å²) in [5.74, 6) is 0. The minimum absolute atomic E-state index is 0.365. The zero-order valence-corrected chi connectivity index (χ0v) is 12.3. The van der Waals surface area contributed by atoms with Gasteiger partial charge in [0.05, 0.1) is 0 Å². The third kappa shape index (κ3) is 6.02. The van der Waals surface area contributed by atoms with Gasteiger partial charge < -0.3 is 15.4 Å². The van der Waals surface area contributed by atoms with E-state index in [2.05, 4.69) is 28.3 Å². The number of carbonyl (C=O) groups is 1. The largest absolute Gasteiger partial charge is 0.444 e. The molecule has 1 heterocycles. The van der Waals surface area contributed by atoms with E-state index >= 15 is 0 Å². The summed E-state index contributed by atoms with van der Waals surface area (Å²) in [6, 6.07) is 0. The molecule has 1 rings (SSSR count). The Morgan fingerprint density at radius 3 is 2.61 bits per heavy atom. The number of thiophene rings is 1. The lowest BCUT2D eigenvalue weighted by Crippen LogP contribution is -2.36. The SMILES string of the molecule is Cc1cscc1CNCCNC(=O)OC(C)(C)C. The molecule has 0 radical (unpaired) electrons. The maximum absolute atomic E-state index is 11.3. The van der Waals surface area contributed by atoms with Gasteiger partial charge in [-0.1, -0.05) is 0 Å². The monoisotopic (exact) mass is 270 g/mol. The number of carbonyl (C=O) groups excluding carboxylic acids is 1. The third-order valence-electron chi connectivity index (χ3n) is 2.25. The van der Waals surface area contributed by atoms with E-state index in [4.69, 9.17) is 4.74 Å². The Labute approximate surface area is 113 Å². The maximum atomic E-state index is 11.3. The zero-order chi connectivity index (χ0) is 13.6. The number of aryl methyl sites for hydroxylation is 1. The summed E-state index contributed by atoms with van der Waals surface area (Å²) < 4.78 is 5.13. The van der Waals surface area contributed by atoms with Crippen molar-refractivity contribution in [2.75, 3.05) is 13.1 Å². The average Bonchev–Trinajstić information content (AvgIpc) is 2.61. The van der Waals surface area contributed by atoms with Crippen molar-refractivity contribution in [1.82, 2.24) is 10.6 Å². The van der Waals surface area contributed by atoms with E-state index in [1.807, 2.05) is 20.8 Å². The Kier molecular flexibility index (Phi) is 5.62. The number of hydrogen-bond acceptors (Lipinski definition) is 4. The van der Waals surface area contributed by atoms with Crippen LogP contribution in [0.25, 0.3) is 0 Å². The van der Waals surface area contributed by atoms with Crippen LogP contribution in [-0.4, -0.2) is 24.8 Å². The van der Waals surface area contributed by atoms with Crippen molar-refractivity contribution in [3.05, 3.63) is 21.9 Å². The molecule has 0 unspecified atom stereocenters. The molecule has 0 aliphatic rings. The van der Waals surface area contributed by atoms with Crippen LogP contribution in [0.3, 0.4) is 0 Å². The molecule has 0 aliphatic carbocycles. The Morgan fingerprint density at radius 1 is 1.33 bits per heavy atom. The van der Waals surface area contributed by atoms with E-state index in [1.165, 1.54) is 11.1 Å². The van der Waals surface area contributed by atoms with Crippen LogP contribution in [0.5, 0.6) is 0 Å². The molecule has 4 nitrogen and oxygen atoms in total. The lowest BCUT2D eigenvalue weighted by atomic mass is 10.2. The van der Waals surface area contributed by atoms with E-state index in [9.17, 15) is 4.79 Å². The summed E-state index contributed by atoms with van der Waals surface area (Å²) in [6.07, 6.45) is -0.365. The Bertz CT molecular complexity index is 383. The number of alkyl carbamates (subject to hydrolysis) is 1. The van der Waals surface area contributed by atoms with Crippen molar-refractivity contribution < 1.29 is 9.53 Å². The molecule has 0 aliphatic heterocycles. The van der Waals surface area contributed by atoms with Gasteiger partial charge in [-0.3, -0.25) is 0 Å². The first kappa shape index (κ1) is 15.0. The Balaban J connectivity index is 2.09. The molecule has 0 aromatic carbocycles. The lowest BCUT2D eigenvalue weighted by Gasteiger charge is -2.19. The summed E-state index contributed by atoms with van der Waals surface area (Å²) in [7, 11) is 0. The molecule has 1 amide bonds. The quantitative estimate of drug-likeness (QED) is 0.809. The molecule has 2 N–H and O–H groups in total. The van der Waals surface area contributed by atoms with Crippen LogP contribution in [0.4, 0.5) is 4.79 Å². The normalized spacial score (nSPS) is 11.3. The predicted octanol–water partition coefficient (Wildman–Crippen LogP) is 2.67. The highest BCUT2D eigenvalue weighted by atomic mass is 32.1. The number of ether oxygens (including phenoxy) is 1. The fraction of sp³-hybridized carbons (Fsp3) is 0.615. The van der Waals surface area contributed by atoms with E-state index in [0.29, 0.717) is 6.54 Å². The molecule has 0 saturated carbocycles. The Morgan fingerprint density at radius 2 is 2.06 bits per heavy atom. The summed E-state index contributed by atoms with van der Waals surface area (Å²) in [6.45, 7) is 9.79. The number of rotatable bonds is 5. The first-order valence-corrected chi connectivity index (χ1v) is 7.02. The molecule has 1 aromatic rings. The minimum Gasteiger partial charge on any atom is -0.444 e. The van der Waals surface area contributed by atoms with Crippen molar-refractivity contribution >= 4 is 17.4 Å². The van der Waals surface area contributed by atoms with Crippen molar-refractivity contribution in [1.29, 1.82) is 0 Å². The minimum atomic E-state index is -0.439. The van der Waals surface area contributed by atoms with Crippen molar-refractivity contribution in [2.24, 2.45) is 0 Å². The van der Waals surface area contributed by atoms with Gasteiger partial charge in [-0.2, -0.15) is 11.3 Å². The van der Waals surface area contributed by atoms with Crippen LogP contribution in [0, 0.1) is 6.92 Å². The highest BCUT2D eigenvalue weighted by Crippen LogP contribution is 2.12. The van der Waals surface area contributed by atoms with Gasteiger partial charge >= 0.3 is 6.09 Å². The molecule has 102 valence electrons. The first-order chi connectivity index (χ1) is 8.38. The molecular weight excluding hydrogens is 248 g/mol. The fourth-order valence-corrected chi connectivity index (χ4v) is 2.22. The molecular formula is C13H22N2O2S. The van der Waals surface area contributed by atoms with E-state index < -0.39 is 5.60 Å². The van der Waals surface area contributed by atoms with Crippen molar-refractivity contribution in [3.8, 4) is 0 Å². The molecule has 0 fully saturated rings. The van der Waals surface area contributed by atoms with Crippen LogP contribution in [0.15, 0.2) is 10.8 Å². The molecule has 0 spiro atoms. The second kappa shape index (κ2) is 6.75. The van der Waals surface area contributed by atoms with Gasteiger partial charge in [0.25, 0.3) is 0 Å². The molecule has 0 bridgehead atoms. The summed E-state index contributed by atoms with van der Waals surface area (Å²) >= 11 is 1.71. The van der Waals surface area contributed by atoms with Crippen LogP contribution < -0.4 is 10.6 Å². The summed E-state index contributed by atoms with van der Waals surface area (Å²) in [5.41, 5.74) is 2.19. The predicted molar refractivity (Wildman–Crippen MR) is 75.0 cm³/mol. The van der Waals surface area contributed by atoms with Gasteiger partial charge in [-0.25, -0.2) is 4.79 Å². The molecule has 1 aromatic heterocycles. The summed E-state index contributed by atoms with van der Waals surface area (Å²) in [5, 5.41) is 10.3. The van der Waals surface area contributed by atoms with Gasteiger partial charge in [0.1, 0.15) is 5.60 Å². The van der Waals surface area contributed by atoms with Crippen molar-refractivity contribution in [2.45, 2.75) is 39.8 Å². The zero-order valence-electron chi connectivity index (χ0n) is 11.5. The number of hydrogen-bond donors (Lipinski definition) is 2. The molecule has 0 atom stereocenters. The van der Waals surface area contributed by atoms with Crippen LogP contribution in [0.1, 0.15) is 31.9 Å². The standard InChI is InChI=1S/C13H22N2O2S/c1-10-8-18-9-11(10)7-14-5-6-15-12(16)17-13(2,3)4/h8-9,14H,5-7H2,1-4H3,(H,15,16). The van der Waals surface area contributed by atoms with E-state index in [0.717, 1.165) is 13.1 Å². The smallest absolute Gasteiger partial charge is 0.407 e. The summed E-state index contributed by atoms with van der Waals surface area (Å²) in [4.78, 5) is 11.3. The highest BCUT2D eigenvalue weighted by molar-refractivity contribution is 7.08. The van der Waals surface area contributed by atoms with Crippen LogP contribution in [-0.2, 0) is 11.3 Å². The highest BCUT2D eigenvalue weighted by Gasteiger charge is 2.15. The van der Waals surface area contributed by atoms with Gasteiger partial charge in [-0.15, -0.1) is 0 Å². The van der Waals surface area contributed by atoms with Gasteiger partial charge in [0.15, 0.2) is 0 Å². The van der Waals surface area contributed by atoms with E-state index in [-0.39, 0.29) is 6.09 Å². The van der Waals surface area contributed by atoms with Gasteiger partial charge in [-0.05, 0) is 49.6 Å². The number of amides is 1. The molecule has 5 heteroatoms. The average molecular weight is 270 g/mol. The Hall–Kier alpha value is -1.07. The first-order valence-electron chi connectivity index (χ1n) is 6.08. The van der Waals surface area contributed by atoms with Gasteiger partial charge in [0, 0.05) is 19.6 Å². The van der Waals surface area contributed by atoms with Crippen LogP contribution >= 0.6 is 11.3 Å². The topological polar surface area (TPSA) is 50.4 Å². The maximum Gasteiger partial charge on any atom is 0.407 e. The van der Waals surface area contributed by atoms with Crippen molar-refractivity contribution in [3.63, 3.8) is 0 Å². The van der Waals surface area contributed by atoms with Gasteiger partial charge in [0.2, 0.25) is 0 Å². The molecule has 18 heavy (non-hydrogen) atoms. The second-order valence-electron chi connectivity index (χ2n) is 5.19. The molecule has 0 saturated heterocycles. The fourth-order valence-electron chi connectivity index (χ4n) is 1.36. The number of nitrogens with one attached hydrogen (secondary N) is 2. The van der Waals surface area contributed by atoms with E-state index in [1.54, 1.807) is 11.3 Å². The van der Waals surface area contributed by atoms with Crippen LogP contribution in [0.2, 0.25) is 0 Å².